The first kappa shape index (κ1) is 11.0. The van der Waals surface area contributed by atoms with Crippen molar-refractivity contribution in [2.24, 2.45) is 5.73 Å². The summed E-state index contributed by atoms with van der Waals surface area (Å²) in [5.41, 5.74) is 2.93. The van der Waals surface area contributed by atoms with Crippen LogP contribution in [0.2, 0.25) is 0 Å². The maximum Gasteiger partial charge on any atom is 0.411 e. The minimum atomic E-state index is -4.42. The molecule has 6 heteroatoms. The summed E-state index contributed by atoms with van der Waals surface area (Å²) in [7, 11) is 0. The van der Waals surface area contributed by atoms with E-state index in [4.69, 9.17) is 5.73 Å². The lowest BCUT2D eigenvalue weighted by Gasteiger charge is -2.26. The maximum atomic E-state index is 12.4. The number of hydrogen-bond donors (Lipinski definition) is 1. The van der Waals surface area contributed by atoms with E-state index in [0.717, 1.165) is 18.3 Å². The zero-order valence-corrected chi connectivity index (χ0v) is 9.05. The maximum absolute atomic E-state index is 12.4. The molecule has 0 fully saturated rings. The Labute approximate surface area is 85.9 Å². The van der Waals surface area contributed by atoms with Crippen LogP contribution in [0.4, 0.5) is 13.2 Å². The first-order valence-corrected chi connectivity index (χ1v) is 4.97. The van der Waals surface area contributed by atoms with Crippen LogP contribution in [0, 0.1) is 0 Å². The van der Waals surface area contributed by atoms with Crippen LogP contribution in [-0.2, 0) is 5.54 Å². The Bertz CT molecular complexity index is 305. The van der Waals surface area contributed by atoms with Crippen molar-refractivity contribution in [2.45, 2.75) is 18.6 Å². The Kier molecular flexibility index (Phi) is 2.75. The zero-order valence-electron chi connectivity index (χ0n) is 6.65. The third-order valence-corrected chi connectivity index (χ3v) is 3.53. The highest BCUT2D eigenvalue weighted by Gasteiger charge is 2.50. The summed E-state index contributed by atoms with van der Waals surface area (Å²) >= 11 is 4.08. The molecule has 0 unspecified atom stereocenters. The van der Waals surface area contributed by atoms with Gasteiger partial charge in [0.1, 0.15) is 5.54 Å². The largest absolute Gasteiger partial charge is 0.411 e. The van der Waals surface area contributed by atoms with E-state index in [1.54, 1.807) is 6.07 Å². The van der Waals surface area contributed by atoms with Gasteiger partial charge in [0, 0.05) is 4.88 Å². The van der Waals surface area contributed by atoms with Gasteiger partial charge in [-0.2, -0.15) is 13.2 Å². The fourth-order valence-corrected chi connectivity index (χ4v) is 2.20. The predicted octanol–water partition coefficient (Wildman–Crippen LogP) is 3.25. The molecule has 0 aliphatic carbocycles. The molecule has 0 radical (unpaired) electrons. The van der Waals surface area contributed by atoms with Crippen molar-refractivity contribution in [3.05, 3.63) is 20.8 Å². The quantitative estimate of drug-likeness (QED) is 0.835. The van der Waals surface area contributed by atoms with Crippen molar-refractivity contribution in [2.75, 3.05) is 0 Å². The average Bonchev–Trinajstić information content (AvgIpc) is 2.33. The second-order valence-electron chi connectivity index (χ2n) is 2.80. The molecule has 13 heavy (non-hydrogen) atoms. The summed E-state index contributed by atoms with van der Waals surface area (Å²) in [5, 5.41) is 0. The molecule has 1 atom stereocenters. The smallest absolute Gasteiger partial charge is 0.313 e. The lowest BCUT2D eigenvalue weighted by Crippen LogP contribution is -2.46. The Hall–Kier alpha value is -0.0700. The van der Waals surface area contributed by atoms with E-state index in [1.807, 2.05) is 0 Å². The predicted molar refractivity (Wildman–Crippen MR) is 49.6 cm³/mol. The van der Waals surface area contributed by atoms with E-state index >= 15 is 0 Å². The summed E-state index contributed by atoms with van der Waals surface area (Å²) in [6.45, 7) is 0.964. The molecule has 0 saturated carbocycles. The minimum Gasteiger partial charge on any atom is -0.313 e. The fourth-order valence-electron chi connectivity index (χ4n) is 0.733. The van der Waals surface area contributed by atoms with E-state index < -0.39 is 11.7 Å². The van der Waals surface area contributed by atoms with Crippen LogP contribution in [-0.4, -0.2) is 6.18 Å². The lowest BCUT2D eigenvalue weighted by molar-refractivity contribution is -0.183. The molecule has 1 aromatic heterocycles. The topological polar surface area (TPSA) is 26.0 Å². The molecule has 1 heterocycles. The van der Waals surface area contributed by atoms with E-state index in [-0.39, 0.29) is 4.88 Å². The van der Waals surface area contributed by atoms with Crippen LogP contribution in [0.3, 0.4) is 0 Å². The van der Waals surface area contributed by atoms with Crippen molar-refractivity contribution in [1.29, 1.82) is 0 Å². The molecule has 0 saturated heterocycles. The Morgan fingerprint density at radius 2 is 1.92 bits per heavy atom. The molecule has 0 bridgehead atoms. The van der Waals surface area contributed by atoms with Crippen LogP contribution in [0.5, 0.6) is 0 Å². The van der Waals surface area contributed by atoms with Crippen molar-refractivity contribution < 1.29 is 13.2 Å². The highest BCUT2D eigenvalue weighted by Crippen LogP contribution is 2.40. The first-order chi connectivity index (χ1) is 5.75. The molecule has 1 aromatic rings. The van der Waals surface area contributed by atoms with Crippen molar-refractivity contribution in [3.8, 4) is 0 Å². The number of rotatable bonds is 1. The standard InChI is InChI=1S/C7H7BrF3NS/c1-6(12,7(9,10)11)4-2-3-5(8)13-4/h2-3H,12H2,1H3/t6-/m0/s1. The number of thiophene rings is 1. The van der Waals surface area contributed by atoms with Crippen LogP contribution in [0.25, 0.3) is 0 Å². The molecule has 0 amide bonds. The van der Waals surface area contributed by atoms with Crippen molar-refractivity contribution in [3.63, 3.8) is 0 Å². The van der Waals surface area contributed by atoms with Crippen LogP contribution in [0.15, 0.2) is 15.9 Å². The third-order valence-electron chi connectivity index (χ3n) is 1.67. The minimum absolute atomic E-state index is 0.104. The molecule has 1 nitrogen and oxygen atoms in total. The zero-order chi connectivity index (χ0) is 10.3. The second kappa shape index (κ2) is 3.25. The molecule has 0 spiro atoms. The van der Waals surface area contributed by atoms with Crippen LogP contribution >= 0.6 is 27.3 Å². The second-order valence-corrected chi connectivity index (χ2v) is 5.27. The van der Waals surface area contributed by atoms with Gasteiger partial charge in [0.2, 0.25) is 0 Å². The molecule has 0 aromatic carbocycles. The molecule has 74 valence electrons. The highest BCUT2D eigenvalue weighted by atomic mass is 79.9. The monoisotopic (exact) mass is 273 g/mol. The third kappa shape index (κ3) is 2.05. The average molecular weight is 274 g/mol. The van der Waals surface area contributed by atoms with Gasteiger partial charge in [-0.1, -0.05) is 0 Å². The SMILES string of the molecule is C[C@](N)(c1ccc(Br)s1)C(F)(F)F. The van der Waals surface area contributed by atoms with Gasteiger partial charge in [-0.15, -0.1) is 11.3 Å². The molecule has 0 aliphatic heterocycles. The summed E-state index contributed by atoms with van der Waals surface area (Å²) in [5.74, 6) is 0. The summed E-state index contributed by atoms with van der Waals surface area (Å²) < 4.78 is 37.8. The Balaban J connectivity index is 3.07. The molecule has 2 N–H and O–H groups in total. The first-order valence-electron chi connectivity index (χ1n) is 3.36. The van der Waals surface area contributed by atoms with Gasteiger partial charge in [0.25, 0.3) is 0 Å². The van der Waals surface area contributed by atoms with Crippen molar-refractivity contribution in [1.82, 2.24) is 0 Å². The molecule has 1 rings (SSSR count). The van der Waals surface area contributed by atoms with E-state index in [2.05, 4.69) is 15.9 Å². The van der Waals surface area contributed by atoms with E-state index in [1.165, 1.54) is 6.07 Å². The van der Waals surface area contributed by atoms with Gasteiger partial charge in [0.15, 0.2) is 0 Å². The fraction of sp³-hybridized carbons (Fsp3) is 0.429. The summed E-state index contributed by atoms with van der Waals surface area (Å²) in [6, 6.07) is 2.93. The number of alkyl halides is 3. The van der Waals surface area contributed by atoms with E-state index in [9.17, 15) is 13.2 Å². The molecule has 0 aliphatic rings. The van der Waals surface area contributed by atoms with Crippen LogP contribution in [0.1, 0.15) is 11.8 Å². The normalized spacial score (nSPS) is 17.1. The molecular weight excluding hydrogens is 267 g/mol. The number of hydrogen-bond acceptors (Lipinski definition) is 2. The van der Waals surface area contributed by atoms with Gasteiger partial charge in [-0.3, -0.25) is 0 Å². The molecular formula is C7H7BrF3NS. The summed E-state index contributed by atoms with van der Waals surface area (Å²) in [6.07, 6.45) is -4.42. The highest BCUT2D eigenvalue weighted by molar-refractivity contribution is 9.11. The van der Waals surface area contributed by atoms with Gasteiger partial charge in [-0.05, 0) is 35.0 Å². The number of halogens is 4. The van der Waals surface area contributed by atoms with Gasteiger partial charge in [0.05, 0.1) is 3.79 Å². The van der Waals surface area contributed by atoms with Gasteiger partial charge < -0.3 is 5.73 Å². The van der Waals surface area contributed by atoms with Gasteiger partial charge >= 0.3 is 6.18 Å². The summed E-state index contributed by atoms with van der Waals surface area (Å²) in [4.78, 5) is 0.104. The Morgan fingerprint density at radius 3 is 2.23 bits per heavy atom. The van der Waals surface area contributed by atoms with Crippen LogP contribution < -0.4 is 5.73 Å². The Morgan fingerprint density at radius 1 is 1.38 bits per heavy atom. The lowest BCUT2D eigenvalue weighted by atomic mass is 10.0. The van der Waals surface area contributed by atoms with E-state index in [0.29, 0.717) is 3.79 Å². The number of nitrogens with two attached hydrogens (primary N) is 1. The van der Waals surface area contributed by atoms with Gasteiger partial charge in [-0.25, -0.2) is 0 Å². The van der Waals surface area contributed by atoms with Crippen molar-refractivity contribution >= 4 is 27.3 Å².